The number of carbonyl (C=O) groups excluding carboxylic acids is 2. The molecule has 176 valence electrons. The second-order valence-corrected chi connectivity index (χ2v) is 9.68. The number of aromatic nitrogens is 1. The Balaban J connectivity index is 1.45. The molecule has 7 heteroatoms. The summed E-state index contributed by atoms with van der Waals surface area (Å²) < 4.78 is 5.06. The van der Waals surface area contributed by atoms with Gasteiger partial charge in [-0.05, 0) is 42.5 Å². The van der Waals surface area contributed by atoms with E-state index in [2.05, 4.69) is 23.1 Å². The molecule has 0 radical (unpaired) electrons. The van der Waals surface area contributed by atoms with Crippen molar-refractivity contribution in [3.05, 3.63) is 46.6 Å². The van der Waals surface area contributed by atoms with E-state index < -0.39 is 0 Å². The molecule has 0 bridgehead atoms. The van der Waals surface area contributed by atoms with E-state index in [4.69, 9.17) is 9.72 Å². The molecule has 1 amide bonds. The standard InChI is InChI=1S/C27H30N4O3/c1-17-16-30(8-9-31(17)25(33)7-10-34-2)27-22(15-28)14-24(26(29-27)18-3-4-18)20-6-5-19-12-23(32)13-21(19)11-20/h5-6,11,14,17-18H,3-4,7-10,12-13,16H2,1-2H3/t17-/m1/s1. The molecule has 34 heavy (non-hydrogen) atoms. The zero-order chi connectivity index (χ0) is 23.8. The summed E-state index contributed by atoms with van der Waals surface area (Å²) in [5.41, 5.74) is 5.85. The maximum Gasteiger partial charge on any atom is 0.225 e. The Morgan fingerprint density at radius 3 is 2.71 bits per heavy atom. The fraction of sp³-hybridized carbons (Fsp3) is 0.481. The maximum atomic E-state index is 12.5. The van der Waals surface area contributed by atoms with Gasteiger partial charge >= 0.3 is 0 Å². The molecule has 2 aromatic rings. The average Bonchev–Trinajstić information content (AvgIpc) is 3.61. The molecule has 5 rings (SSSR count). The summed E-state index contributed by atoms with van der Waals surface area (Å²) in [7, 11) is 1.60. The van der Waals surface area contributed by atoms with E-state index in [-0.39, 0.29) is 17.7 Å². The number of Topliss-reactive ketones (excluding diaryl/α,β-unsaturated/α-hetero) is 1. The second-order valence-electron chi connectivity index (χ2n) is 9.68. The number of hydrogen-bond acceptors (Lipinski definition) is 6. The van der Waals surface area contributed by atoms with Crippen molar-refractivity contribution in [2.45, 2.75) is 51.0 Å². The van der Waals surface area contributed by atoms with Crippen molar-refractivity contribution >= 4 is 17.5 Å². The number of nitriles is 1. The number of hydrogen-bond donors (Lipinski definition) is 0. The van der Waals surface area contributed by atoms with Crippen LogP contribution in [0.1, 0.15) is 54.5 Å². The monoisotopic (exact) mass is 458 g/mol. The Bertz CT molecular complexity index is 1180. The Labute approximate surface area is 200 Å². The molecule has 0 unspecified atom stereocenters. The lowest BCUT2D eigenvalue weighted by Crippen LogP contribution is -2.54. The van der Waals surface area contributed by atoms with Gasteiger partial charge in [-0.2, -0.15) is 5.26 Å². The van der Waals surface area contributed by atoms with Gasteiger partial charge in [-0.1, -0.05) is 18.2 Å². The minimum absolute atomic E-state index is 0.0322. The molecule has 1 atom stereocenters. The van der Waals surface area contributed by atoms with Crippen molar-refractivity contribution in [1.82, 2.24) is 9.88 Å². The van der Waals surface area contributed by atoms with Crippen LogP contribution in [-0.2, 0) is 27.2 Å². The number of methoxy groups -OCH3 is 1. The van der Waals surface area contributed by atoms with Crippen molar-refractivity contribution < 1.29 is 14.3 Å². The van der Waals surface area contributed by atoms with Gasteiger partial charge in [0.25, 0.3) is 0 Å². The van der Waals surface area contributed by atoms with E-state index >= 15 is 0 Å². The molecule has 1 aromatic carbocycles. The largest absolute Gasteiger partial charge is 0.384 e. The third-order valence-electron chi connectivity index (χ3n) is 7.18. The van der Waals surface area contributed by atoms with Gasteiger partial charge in [0, 0.05) is 57.1 Å². The molecule has 2 fully saturated rings. The normalized spacial score (nSPS) is 19.8. The molecule has 3 aliphatic rings. The molecule has 1 aromatic heterocycles. The van der Waals surface area contributed by atoms with Gasteiger partial charge < -0.3 is 14.5 Å². The van der Waals surface area contributed by atoms with Crippen LogP contribution in [-0.4, -0.2) is 61.0 Å². The second kappa shape index (κ2) is 9.19. The summed E-state index contributed by atoms with van der Waals surface area (Å²) in [4.78, 5) is 33.6. The van der Waals surface area contributed by atoms with Gasteiger partial charge in [0.05, 0.1) is 24.3 Å². The number of ether oxygens (including phenoxy) is 1. The minimum Gasteiger partial charge on any atom is -0.384 e. The number of carbonyl (C=O) groups is 2. The Morgan fingerprint density at radius 2 is 2.00 bits per heavy atom. The number of piperazine rings is 1. The van der Waals surface area contributed by atoms with Crippen LogP contribution < -0.4 is 4.90 Å². The summed E-state index contributed by atoms with van der Waals surface area (Å²) in [5.74, 6) is 1.49. The number of pyridine rings is 1. The first-order chi connectivity index (χ1) is 16.5. The van der Waals surface area contributed by atoms with E-state index in [9.17, 15) is 14.9 Å². The highest BCUT2D eigenvalue weighted by atomic mass is 16.5. The Kier molecular flexibility index (Phi) is 6.09. The molecule has 0 spiro atoms. The molecule has 2 heterocycles. The number of rotatable bonds is 6. The first kappa shape index (κ1) is 22.5. The molecule has 1 saturated heterocycles. The zero-order valence-corrected chi connectivity index (χ0v) is 19.8. The molecular formula is C27H30N4O3. The average molecular weight is 459 g/mol. The fourth-order valence-corrected chi connectivity index (χ4v) is 5.21. The number of ketones is 1. The van der Waals surface area contributed by atoms with E-state index in [1.807, 2.05) is 24.0 Å². The van der Waals surface area contributed by atoms with Gasteiger partial charge in [-0.15, -0.1) is 0 Å². The van der Waals surface area contributed by atoms with Crippen molar-refractivity contribution in [2.75, 3.05) is 38.3 Å². The van der Waals surface area contributed by atoms with Gasteiger partial charge in [-0.25, -0.2) is 4.98 Å². The number of amides is 1. The van der Waals surface area contributed by atoms with Gasteiger partial charge in [0.2, 0.25) is 5.91 Å². The molecule has 2 aliphatic carbocycles. The number of nitrogens with zero attached hydrogens (tertiary/aromatic N) is 4. The van der Waals surface area contributed by atoms with Gasteiger partial charge in [0.1, 0.15) is 17.7 Å². The van der Waals surface area contributed by atoms with E-state index in [0.29, 0.717) is 57.0 Å². The fourth-order valence-electron chi connectivity index (χ4n) is 5.21. The SMILES string of the molecule is COCCC(=O)N1CCN(c2nc(C3CC3)c(-c3ccc4c(c3)CC(=O)C4)cc2C#N)C[C@H]1C. The summed E-state index contributed by atoms with van der Waals surface area (Å²) in [6.07, 6.45) is 3.60. The van der Waals surface area contributed by atoms with Crippen molar-refractivity contribution in [3.8, 4) is 17.2 Å². The highest BCUT2D eigenvalue weighted by molar-refractivity contribution is 5.89. The zero-order valence-electron chi connectivity index (χ0n) is 19.8. The summed E-state index contributed by atoms with van der Waals surface area (Å²) >= 11 is 0. The molecule has 0 N–H and O–H groups in total. The van der Waals surface area contributed by atoms with Crippen LogP contribution in [0.3, 0.4) is 0 Å². The smallest absolute Gasteiger partial charge is 0.225 e. The van der Waals surface area contributed by atoms with Crippen LogP contribution in [0.5, 0.6) is 0 Å². The molecular weight excluding hydrogens is 428 g/mol. The minimum atomic E-state index is 0.0322. The van der Waals surface area contributed by atoms with E-state index in [0.717, 1.165) is 46.6 Å². The van der Waals surface area contributed by atoms with Crippen molar-refractivity contribution in [1.29, 1.82) is 5.26 Å². The van der Waals surface area contributed by atoms with Crippen LogP contribution in [0.2, 0.25) is 0 Å². The van der Waals surface area contributed by atoms with Crippen LogP contribution in [0.25, 0.3) is 11.1 Å². The highest BCUT2D eigenvalue weighted by Gasteiger charge is 2.33. The van der Waals surface area contributed by atoms with Crippen LogP contribution in [0.15, 0.2) is 24.3 Å². The third kappa shape index (κ3) is 4.30. The highest BCUT2D eigenvalue weighted by Crippen LogP contribution is 2.45. The summed E-state index contributed by atoms with van der Waals surface area (Å²) in [6, 6.07) is 10.6. The summed E-state index contributed by atoms with van der Waals surface area (Å²) in [6.45, 7) is 4.37. The van der Waals surface area contributed by atoms with Crippen molar-refractivity contribution in [3.63, 3.8) is 0 Å². The van der Waals surface area contributed by atoms with Crippen molar-refractivity contribution in [2.24, 2.45) is 0 Å². The number of anilines is 1. The lowest BCUT2D eigenvalue weighted by molar-refractivity contribution is -0.134. The van der Waals surface area contributed by atoms with Gasteiger partial charge in [0.15, 0.2) is 0 Å². The van der Waals surface area contributed by atoms with E-state index in [1.165, 1.54) is 0 Å². The van der Waals surface area contributed by atoms with E-state index in [1.54, 1.807) is 7.11 Å². The predicted molar refractivity (Wildman–Crippen MR) is 129 cm³/mol. The number of fused-ring (bicyclic) bond motifs is 1. The van der Waals surface area contributed by atoms with Crippen LogP contribution >= 0.6 is 0 Å². The summed E-state index contributed by atoms with van der Waals surface area (Å²) in [5, 5.41) is 10.0. The van der Waals surface area contributed by atoms with Crippen LogP contribution in [0, 0.1) is 11.3 Å². The van der Waals surface area contributed by atoms with Gasteiger partial charge in [-0.3, -0.25) is 9.59 Å². The van der Waals surface area contributed by atoms with Crippen LogP contribution in [0.4, 0.5) is 5.82 Å². The molecule has 1 aliphatic heterocycles. The lowest BCUT2D eigenvalue weighted by Gasteiger charge is -2.41. The first-order valence-electron chi connectivity index (χ1n) is 12.1. The Hall–Kier alpha value is -3.24. The molecule has 1 saturated carbocycles. The lowest BCUT2D eigenvalue weighted by atomic mass is 9.96. The number of benzene rings is 1. The third-order valence-corrected chi connectivity index (χ3v) is 7.18. The molecule has 7 nitrogen and oxygen atoms in total. The maximum absolute atomic E-state index is 12.5. The Morgan fingerprint density at radius 1 is 1.21 bits per heavy atom. The first-order valence-corrected chi connectivity index (χ1v) is 12.1. The predicted octanol–water partition coefficient (Wildman–Crippen LogP) is 3.24. The quantitative estimate of drug-likeness (QED) is 0.661. The topological polar surface area (TPSA) is 86.5 Å².